The summed E-state index contributed by atoms with van der Waals surface area (Å²) in [5.41, 5.74) is 0.802. The van der Waals surface area contributed by atoms with Gasteiger partial charge in [0.2, 0.25) is 0 Å². The molecule has 0 aromatic heterocycles. The average molecular weight is 266 g/mol. The van der Waals surface area contributed by atoms with E-state index >= 15 is 0 Å². The zero-order valence-corrected chi connectivity index (χ0v) is 11.3. The van der Waals surface area contributed by atoms with Gasteiger partial charge in [0.1, 0.15) is 0 Å². The molecule has 2 heterocycles. The molecule has 1 aromatic carbocycles. The van der Waals surface area contributed by atoms with Gasteiger partial charge in [0.25, 0.3) is 0 Å². The van der Waals surface area contributed by atoms with Crippen molar-refractivity contribution in [1.82, 2.24) is 4.90 Å². The van der Waals surface area contributed by atoms with E-state index in [-0.39, 0.29) is 0 Å². The van der Waals surface area contributed by atoms with E-state index < -0.39 is 11.6 Å². The van der Waals surface area contributed by atoms with Crippen LogP contribution in [0.1, 0.15) is 26.2 Å². The summed E-state index contributed by atoms with van der Waals surface area (Å²) in [5.74, 6) is -1.52. The van der Waals surface area contributed by atoms with Crippen LogP contribution in [0.5, 0.6) is 0 Å². The molecule has 104 valence electrons. The minimum Gasteiger partial charge on any atom is -0.366 e. The largest absolute Gasteiger partial charge is 0.366 e. The van der Waals surface area contributed by atoms with E-state index in [2.05, 4.69) is 16.7 Å². The minimum absolute atomic E-state index is 0.346. The van der Waals surface area contributed by atoms with Crippen LogP contribution in [0, 0.1) is 11.6 Å². The van der Waals surface area contributed by atoms with E-state index in [4.69, 9.17) is 0 Å². The van der Waals surface area contributed by atoms with Crippen LogP contribution in [0.3, 0.4) is 0 Å². The maximum absolute atomic E-state index is 13.4. The number of rotatable bonds is 1. The van der Waals surface area contributed by atoms with E-state index in [1.54, 1.807) is 6.07 Å². The molecule has 2 atom stereocenters. The van der Waals surface area contributed by atoms with Crippen LogP contribution >= 0.6 is 0 Å². The smallest absolute Gasteiger partial charge is 0.160 e. The van der Waals surface area contributed by atoms with Crippen molar-refractivity contribution >= 4 is 5.69 Å². The highest BCUT2D eigenvalue weighted by Gasteiger charge is 2.33. The summed E-state index contributed by atoms with van der Waals surface area (Å²) in [6, 6.07) is 5.15. The Morgan fingerprint density at radius 3 is 2.74 bits per heavy atom. The second-order valence-corrected chi connectivity index (χ2v) is 5.74. The third kappa shape index (κ3) is 2.46. The highest BCUT2D eigenvalue weighted by atomic mass is 19.2. The maximum Gasteiger partial charge on any atom is 0.160 e. The van der Waals surface area contributed by atoms with Crippen molar-refractivity contribution in [2.45, 2.75) is 38.3 Å². The summed E-state index contributed by atoms with van der Waals surface area (Å²) in [7, 11) is 0. The lowest BCUT2D eigenvalue weighted by molar-refractivity contribution is 0.115. The Morgan fingerprint density at radius 2 is 1.95 bits per heavy atom. The summed E-state index contributed by atoms with van der Waals surface area (Å²) in [6.07, 6.45) is 3.78. The molecule has 0 spiro atoms. The van der Waals surface area contributed by atoms with E-state index in [0.717, 1.165) is 18.8 Å². The summed E-state index contributed by atoms with van der Waals surface area (Å²) in [6.45, 7) is 5.28. The monoisotopic (exact) mass is 266 g/mol. The molecular weight excluding hydrogens is 246 g/mol. The van der Waals surface area contributed by atoms with Gasteiger partial charge in [0, 0.05) is 36.9 Å². The van der Waals surface area contributed by atoms with Crippen LogP contribution < -0.4 is 4.90 Å². The number of hydrogen-bond donors (Lipinski definition) is 0. The Kier molecular flexibility index (Phi) is 3.44. The lowest BCUT2D eigenvalue weighted by atomic mass is 9.96. The third-order valence-electron chi connectivity index (χ3n) is 4.42. The lowest BCUT2D eigenvalue weighted by Crippen LogP contribution is -2.58. The van der Waals surface area contributed by atoms with Crippen LogP contribution in [-0.4, -0.2) is 36.6 Å². The van der Waals surface area contributed by atoms with Crippen molar-refractivity contribution in [1.29, 1.82) is 0 Å². The Bertz CT molecular complexity index is 463. The van der Waals surface area contributed by atoms with Gasteiger partial charge in [-0.3, -0.25) is 4.90 Å². The van der Waals surface area contributed by atoms with Gasteiger partial charge in [-0.1, -0.05) is 6.42 Å². The zero-order chi connectivity index (χ0) is 13.4. The Labute approximate surface area is 113 Å². The van der Waals surface area contributed by atoms with E-state index in [1.807, 2.05) is 0 Å². The number of nitrogens with zero attached hydrogens (tertiary/aromatic N) is 2. The highest BCUT2D eigenvalue weighted by Crippen LogP contribution is 2.28. The van der Waals surface area contributed by atoms with Crippen molar-refractivity contribution < 1.29 is 8.78 Å². The first-order valence-corrected chi connectivity index (χ1v) is 7.11. The van der Waals surface area contributed by atoms with E-state index in [9.17, 15) is 8.78 Å². The molecule has 0 saturated carbocycles. The normalized spacial score (nSPS) is 28.3. The molecule has 1 aromatic rings. The Hall–Kier alpha value is -1.16. The average Bonchev–Trinajstić information content (AvgIpc) is 2.41. The van der Waals surface area contributed by atoms with Crippen LogP contribution in [0.25, 0.3) is 0 Å². The molecule has 2 fully saturated rings. The van der Waals surface area contributed by atoms with Gasteiger partial charge in [-0.05, 0) is 38.4 Å². The van der Waals surface area contributed by atoms with Crippen molar-refractivity contribution in [2.24, 2.45) is 0 Å². The molecule has 2 unspecified atom stereocenters. The van der Waals surface area contributed by atoms with E-state index in [0.29, 0.717) is 12.1 Å². The number of hydrogen-bond acceptors (Lipinski definition) is 2. The second-order valence-electron chi connectivity index (χ2n) is 5.74. The Balaban J connectivity index is 1.81. The van der Waals surface area contributed by atoms with Crippen LogP contribution in [-0.2, 0) is 0 Å². The van der Waals surface area contributed by atoms with Crippen molar-refractivity contribution in [3.05, 3.63) is 29.8 Å². The molecule has 0 amide bonds. The zero-order valence-electron chi connectivity index (χ0n) is 11.3. The number of benzene rings is 1. The molecule has 3 rings (SSSR count). The van der Waals surface area contributed by atoms with Crippen molar-refractivity contribution in [3.8, 4) is 0 Å². The van der Waals surface area contributed by atoms with Gasteiger partial charge in [0.05, 0.1) is 0 Å². The summed E-state index contributed by atoms with van der Waals surface area (Å²) in [4.78, 5) is 4.76. The first kappa shape index (κ1) is 12.9. The molecule has 0 bridgehead atoms. The van der Waals surface area contributed by atoms with Crippen LogP contribution in [0.4, 0.5) is 14.5 Å². The van der Waals surface area contributed by atoms with Crippen molar-refractivity contribution in [3.63, 3.8) is 0 Å². The quantitative estimate of drug-likeness (QED) is 0.771. The lowest BCUT2D eigenvalue weighted by Gasteiger charge is -2.48. The number of piperazine rings is 1. The van der Waals surface area contributed by atoms with Gasteiger partial charge in [-0.15, -0.1) is 0 Å². The fourth-order valence-corrected chi connectivity index (χ4v) is 3.38. The molecular formula is C15H20F2N2. The van der Waals surface area contributed by atoms with Gasteiger partial charge < -0.3 is 4.90 Å². The molecule has 0 aliphatic carbocycles. The molecule has 19 heavy (non-hydrogen) atoms. The first-order chi connectivity index (χ1) is 9.15. The minimum atomic E-state index is -0.771. The number of piperidine rings is 1. The SMILES string of the molecule is CC1CN2CCCCC2CN1c1ccc(F)c(F)c1. The predicted octanol–water partition coefficient (Wildman–Crippen LogP) is 3.03. The molecule has 2 nitrogen and oxygen atoms in total. The van der Waals surface area contributed by atoms with Crippen LogP contribution in [0.2, 0.25) is 0 Å². The highest BCUT2D eigenvalue weighted by molar-refractivity contribution is 5.48. The number of fused-ring (bicyclic) bond motifs is 1. The maximum atomic E-state index is 13.4. The third-order valence-corrected chi connectivity index (χ3v) is 4.42. The van der Waals surface area contributed by atoms with E-state index in [1.165, 1.54) is 37.9 Å². The standard InChI is InChI=1S/C15H20F2N2/c1-11-9-18-7-3-2-4-13(18)10-19(11)12-5-6-14(16)15(17)8-12/h5-6,8,11,13H,2-4,7,9-10H2,1H3. The summed E-state index contributed by atoms with van der Waals surface area (Å²) in [5, 5.41) is 0. The number of halogens is 2. The summed E-state index contributed by atoms with van der Waals surface area (Å²) >= 11 is 0. The fourth-order valence-electron chi connectivity index (χ4n) is 3.38. The molecule has 2 saturated heterocycles. The van der Waals surface area contributed by atoms with Gasteiger partial charge in [0.15, 0.2) is 11.6 Å². The molecule has 2 aliphatic heterocycles. The topological polar surface area (TPSA) is 6.48 Å². The fraction of sp³-hybridized carbons (Fsp3) is 0.600. The Morgan fingerprint density at radius 1 is 1.11 bits per heavy atom. The van der Waals surface area contributed by atoms with Gasteiger partial charge >= 0.3 is 0 Å². The number of anilines is 1. The predicted molar refractivity (Wildman–Crippen MR) is 72.4 cm³/mol. The van der Waals surface area contributed by atoms with Gasteiger partial charge in [-0.2, -0.15) is 0 Å². The second kappa shape index (κ2) is 5.08. The molecule has 4 heteroatoms. The molecule has 2 aliphatic rings. The van der Waals surface area contributed by atoms with Gasteiger partial charge in [-0.25, -0.2) is 8.78 Å². The summed E-state index contributed by atoms with van der Waals surface area (Å²) < 4.78 is 26.4. The van der Waals surface area contributed by atoms with Crippen molar-refractivity contribution in [2.75, 3.05) is 24.5 Å². The molecule has 0 radical (unpaired) electrons. The molecule has 0 N–H and O–H groups in total. The first-order valence-electron chi connectivity index (χ1n) is 7.11. The van der Waals surface area contributed by atoms with Crippen LogP contribution in [0.15, 0.2) is 18.2 Å².